The zero-order valence-electron chi connectivity index (χ0n) is 10.5. The Balaban J connectivity index is 2.64. The number of rotatable bonds is 7. The van der Waals surface area contributed by atoms with Crippen LogP contribution in [0.1, 0.15) is 19.8 Å². The minimum absolute atomic E-state index is 0.166. The van der Waals surface area contributed by atoms with Crippen LogP contribution < -0.4 is 4.72 Å². The summed E-state index contributed by atoms with van der Waals surface area (Å²) in [5.74, 6) is -0.969. The molecular weight excluding hydrogens is 296 g/mol. The zero-order chi connectivity index (χ0) is 14.5. The van der Waals surface area contributed by atoms with Crippen molar-refractivity contribution in [3.63, 3.8) is 0 Å². The van der Waals surface area contributed by atoms with Crippen molar-refractivity contribution in [2.75, 3.05) is 12.4 Å². The monoisotopic (exact) mass is 311 g/mol. The van der Waals surface area contributed by atoms with Crippen LogP contribution in [0.5, 0.6) is 0 Å². The van der Waals surface area contributed by atoms with Crippen molar-refractivity contribution in [3.05, 3.63) is 29.8 Å². The van der Waals surface area contributed by atoms with Gasteiger partial charge in [-0.3, -0.25) is 0 Å². The number of hydrogen-bond donors (Lipinski definition) is 1. The molecule has 3 nitrogen and oxygen atoms in total. The quantitative estimate of drug-likeness (QED) is 0.621. The highest BCUT2D eigenvalue weighted by molar-refractivity contribution is 7.89. The minimum Gasteiger partial charge on any atom is -0.211 e. The van der Waals surface area contributed by atoms with Gasteiger partial charge in [0.15, 0.2) is 0 Å². The SMILES string of the molecule is CC(CCl)CCCNS(=O)(=O)c1cc(F)ccc1F. The molecule has 19 heavy (non-hydrogen) atoms. The van der Waals surface area contributed by atoms with Gasteiger partial charge in [-0.15, -0.1) is 11.6 Å². The van der Waals surface area contributed by atoms with Crippen LogP contribution in [-0.4, -0.2) is 20.8 Å². The maximum absolute atomic E-state index is 13.4. The van der Waals surface area contributed by atoms with E-state index in [1.807, 2.05) is 6.92 Å². The van der Waals surface area contributed by atoms with E-state index in [9.17, 15) is 17.2 Å². The Morgan fingerprint density at radius 3 is 2.68 bits per heavy atom. The fourth-order valence-corrected chi connectivity index (χ4v) is 2.81. The molecule has 7 heteroatoms. The van der Waals surface area contributed by atoms with Crippen molar-refractivity contribution < 1.29 is 17.2 Å². The average molecular weight is 312 g/mol. The van der Waals surface area contributed by atoms with Crippen LogP contribution in [0.2, 0.25) is 0 Å². The fraction of sp³-hybridized carbons (Fsp3) is 0.500. The molecule has 1 rings (SSSR count). The Labute approximate surface area is 117 Å². The summed E-state index contributed by atoms with van der Waals surface area (Å²) < 4.78 is 52.1. The van der Waals surface area contributed by atoms with E-state index in [1.165, 1.54) is 0 Å². The summed E-state index contributed by atoms with van der Waals surface area (Å²) >= 11 is 5.63. The largest absolute Gasteiger partial charge is 0.243 e. The van der Waals surface area contributed by atoms with Crippen LogP contribution in [-0.2, 0) is 10.0 Å². The lowest BCUT2D eigenvalue weighted by Crippen LogP contribution is -2.26. The van der Waals surface area contributed by atoms with Gasteiger partial charge >= 0.3 is 0 Å². The number of benzene rings is 1. The molecule has 0 spiro atoms. The molecule has 0 saturated heterocycles. The fourth-order valence-electron chi connectivity index (χ4n) is 1.50. The van der Waals surface area contributed by atoms with Crippen molar-refractivity contribution in [2.45, 2.75) is 24.7 Å². The van der Waals surface area contributed by atoms with Crippen LogP contribution in [0.3, 0.4) is 0 Å². The van der Waals surface area contributed by atoms with E-state index in [1.54, 1.807) is 0 Å². The van der Waals surface area contributed by atoms with Crippen LogP contribution in [0.4, 0.5) is 8.78 Å². The van der Waals surface area contributed by atoms with Crippen molar-refractivity contribution >= 4 is 21.6 Å². The van der Waals surface area contributed by atoms with Gasteiger partial charge in [0, 0.05) is 12.4 Å². The third-order valence-corrected chi connectivity index (χ3v) is 4.61. The van der Waals surface area contributed by atoms with Crippen LogP contribution in [0.15, 0.2) is 23.1 Å². The standard InChI is InChI=1S/C12H16ClF2NO2S/c1-9(8-13)3-2-6-16-19(17,18)12-7-10(14)4-5-11(12)15/h4-5,7,9,16H,2-3,6,8H2,1H3. The molecule has 1 unspecified atom stereocenters. The van der Waals surface area contributed by atoms with E-state index in [0.717, 1.165) is 18.6 Å². The summed E-state index contributed by atoms with van der Waals surface area (Å²) in [6.45, 7) is 2.12. The number of hydrogen-bond acceptors (Lipinski definition) is 2. The molecule has 0 aliphatic rings. The Kier molecular flexibility index (Phi) is 6.16. The maximum atomic E-state index is 13.4. The predicted molar refractivity (Wildman–Crippen MR) is 70.7 cm³/mol. The number of halogens is 3. The Bertz CT molecular complexity index is 522. The molecule has 0 bridgehead atoms. The highest BCUT2D eigenvalue weighted by atomic mass is 35.5. The van der Waals surface area contributed by atoms with Crippen LogP contribution in [0, 0.1) is 17.6 Å². The summed E-state index contributed by atoms with van der Waals surface area (Å²) in [6, 6.07) is 2.33. The average Bonchev–Trinajstić information content (AvgIpc) is 2.37. The first-order chi connectivity index (χ1) is 8.86. The van der Waals surface area contributed by atoms with Gasteiger partial charge in [-0.2, -0.15) is 0 Å². The predicted octanol–water partition coefficient (Wildman–Crippen LogP) is 2.90. The van der Waals surface area contributed by atoms with Crippen LogP contribution in [0.25, 0.3) is 0 Å². The number of nitrogens with one attached hydrogen (secondary N) is 1. The maximum Gasteiger partial charge on any atom is 0.243 e. The molecule has 1 aromatic rings. The first-order valence-electron chi connectivity index (χ1n) is 5.87. The molecule has 0 saturated carbocycles. The van der Waals surface area contributed by atoms with E-state index in [0.29, 0.717) is 18.4 Å². The van der Waals surface area contributed by atoms with Gasteiger partial charge in [-0.25, -0.2) is 21.9 Å². The lowest BCUT2D eigenvalue weighted by atomic mass is 10.1. The molecule has 0 aliphatic heterocycles. The highest BCUT2D eigenvalue weighted by Gasteiger charge is 2.19. The van der Waals surface area contributed by atoms with Crippen LogP contribution >= 0.6 is 11.6 Å². The van der Waals surface area contributed by atoms with Crippen molar-refractivity contribution in [1.29, 1.82) is 0 Å². The lowest BCUT2D eigenvalue weighted by molar-refractivity contribution is 0.531. The molecule has 0 fully saturated rings. The van der Waals surface area contributed by atoms with E-state index < -0.39 is 26.6 Å². The summed E-state index contributed by atoms with van der Waals surface area (Å²) in [5.41, 5.74) is 0. The summed E-state index contributed by atoms with van der Waals surface area (Å²) in [7, 11) is -4.02. The Morgan fingerprint density at radius 2 is 2.05 bits per heavy atom. The van der Waals surface area contributed by atoms with Gasteiger partial charge in [0.25, 0.3) is 0 Å². The van der Waals surface area contributed by atoms with E-state index in [4.69, 9.17) is 11.6 Å². The van der Waals surface area contributed by atoms with E-state index in [2.05, 4.69) is 4.72 Å². The van der Waals surface area contributed by atoms with E-state index >= 15 is 0 Å². The summed E-state index contributed by atoms with van der Waals surface area (Å²) in [5, 5.41) is 0. The first-order valence-corrected chi connectivity index (χ1v) is 7.89. The molecule has 0 aromatic heterocycles. The van der Waals surface area contributed by atoms with Gasteiger partial charge in [0.05, 0.1) is 0 Å². The second-order valence-corrected chi connectivity index (χ2v) is 6.42. The molecule has 1 aromatic carbocycles. The zero-order valence-corrected chi connectivity index (χ0v) is 12.1. The van der Waals surface area contributed by atoms with Gasteiger partial charge in [0.2, 0.25) is 10.0 Å². The second kappa shape index (κ2) is 7.17. The van der Waals surface area contributed by atoms with Gasteiger partial charge < -0.3 is 0 Å². The third-order valence-electron chi connectivity index (χ3n) is 2.61. The highest BCUT2D eigenvalue weighted by Crippen LogP contribution is 2.15. The van der Waals surface area contributed by atoms with Crippen molar-refractivity contribution in [2.24, 2.45) is 5.92 Å². The molecule has 0 radical (unpaired) electrons. The second-order valence-electron chi connectivity index (χ2n) is 4.37. The lowest BCUT2D eigenvalue weighted by Gasteiger charge is -2.09. The molecule has 1 atom stereocenters. The number of sulfonamides is 1. The van der Waals surface area contributed by atoms with Gasteiger partial charge in [-0.1, -0.05) is 6.92 Å². The minimum atomic E-state index is -4.02. The number of alkyl halides is 1. The Morgan fingerprint density at radius 1 is 1.37 bits per heavy atom. The third kappa shape index (κ3) is 5.04. The summed E-state index contributed by atoms with van der Waals surface area (Å²) in [6.07, 6.45) is 1.35. The summed E-state index contributed by atoms with van der Waals surface area (Å²) in [4.78, 5) is -0.669. The van der Waals surface area contributed by atoms with Crippen molar-refractivity contribution in [3.8, 4) is 0 Å². The normalized spacial score (nSPS) is 13.5. The Hall–Kier alpha value is -0.720. The smallest absolute Gasteiger partial charge is 0.211 e. The molecule has 0 aliphatic carbocycles. The van der Waals surface area contributed by atoms with Gasteiger partial charge in [0.1, 0.15) is 16.5 Å². The molecule has 1 N–H and O–H groups in total. The molecular formula is C12H16ClF2NO2S. The van der Waals surface area contributed by atoms with Gasteiger partial charge in [-0.05, 0) is 37.0 Å². The topological polar surface area (TPSA) is 46.2 Å². The van der Waals surface area contributed by atoms with Crippen molar-refractivity contribution in [1.82, 2.24) is 4.72 Å². The molecule has 108 valence electrons. The first kappa shape index (κ1) is 16.3. The molecule has 0 amide bonds. The molecule has 0 heterocycles. The van der Waals surface area contributed by atoms with E-state index in [-0.39, 0.29) is 12.5 Å².